The molecular weight excluding hydrogens is 338 g/mol. The molecule has 2 bridgehead atoms. The molecule has 3 unspecified atom stereocenters. The molecule has 27 heavy (non-hydrogen) atoms. The highest BCUT2D eigenvalue weighted by Gasteiger charge is 2.75. The van der Waals surface area contributed by atoms with E-state index in [-0.39, 0.29) is 17.6 Å². The second-order valence-corrected chi connectivity index (χ2v) is 10.5. The van der Waals surface area contributed by atoms with Gasteiger partial charge in [-0.3, -0.25) is 0 Å². The summed E-state index contributed by atoms with van der Waals surface area (Å²) < 4.78 is 7.48. The van der Waals surface area contributed by atoms with Crippen LogP contribution in [0.25, 0.3) is 0 Å². The van der Waals surface area contributed by atoms with Gasteiger partial charge in [-0.25, -0.2) is 0 Å². The number of aromatic hydroxyl groups is 1. The van der Waals surface area contributed by atoms with Crippen molar-refractivity contribution in [2.24, 2.45) is 11.8 Å². The number of likely N-dealkylation sites (N-methyl/N-ethyl adjacent to an activating group) is 1. The Kier molecular flexibility index (Phi) is 3.10. The fraction of sp³-hybridized carbons (Fsp3) is 0.739. The van der Waals surface area contributed by atoms with E-state index in [0.717, 1.165) is 59.5 Å². The summed E-state index contributed by atoms with van der Waals surface area (Å²) in [6.45, 7) is 4.58. The molecule has 1 spiro atoms. The second-order valence-electron chi connectivity index (χ2n) is 10.5. The Morgan fingerprint density at radius 2 is 2.04 bits per heavy atom. The maximum atomic E-state index is 12.4. The minimum absolute atomic E-state index is 0.0482. The largest absolute Gasteiger partial charge is 0.508 e. The molecule has 1 saturated heterocycles. The second kappa shape index (κ2) is 5.01. The van der Waals surface area contributed by atoms with E-state index in [1.54, 1.807) is 0 Å². The number of likely N-dealkylation sites (tertiary alicyclic amines) is 1. The maximum absolute atomic E-state index is 12.4. The van der Waals surface area contributed by atoms with E-state index >= 15 is 0 Å². The average molecular weight is 371 g/mol. The van der Waals surface area contributed by atoms with Crippen molar-refractivity contribution in [2.45, 2.75) is 75.0 Å². The van der Waals surface area contributed by atoms with Crippen molar-refractivity contribution in [1.82, 2.24) is 0 Å². The first kappa shape index (κ1) is 16.7. The van der Waals surface area contributed by atoms with Crippen LogP contribution in [0.1, 0.15) is 56.6 Å². The lowest BCUT2D eigenvalue weighted by atomic mass is 9.47. The third-order valence-corrected chi connectivity index (χ3v) is 9.32. The van der Waals surface area contributed by atoms with E-state index in [9.17, 15) is 10.2 Å². The molecule has 0 amide bonds. The third-order valence-electron chi connectivity index (χ3n) is 9.32. The van der Waals surface area contributed by atoms with Gasteiger partial charge in [0.25, 0.3) is 0 Å². The SMILES string of the molecule is C[C@H]1CCC2(O)C3Cc4c(O)ccc5c4[C@@]2(CC[N@+]3(C)CC2CCC2)C1O5. The van der Waals surface area contributed by atoms with Gasteiger partial charge in [-0.1, -0.05) is 13.3 Å². The van der Waals surface area contributed by atoms with E-state index < -0.39 is 5.60 Å². The molecular formula is C23H32NO3+. The molecule has 146 valence electrons. The monoisotopic (exact) mass is 370 g/mol. The van der Waals surface area contributed by atoms with Crippen LogP contribution in [-0.2, 0) is 11.8 Å². The summed E-state index contributed by atoms with van der Waals surface area (Å²) in [6.07, 6.45) is 7.75. The van der Waals surface area contributed by atoms with E-state index in [2.05, 4.69) is 14.0 Å². The number of ether oxygens (including phenoxy) is 1. The summed E-state index contributed by atoms with van der Waals surface area (Å²) in [5.74, 6) is 2.58. The molecule has 0 aromatic heterocycles. The summed E-state index contributed by atoms with van der Waals surface area (Å²) in [6, 6.07) is 3.91. The van der Waals surface area contributed by atoms with Crippen molar-refractivity contribution in [2.75, 3.05) is 20.1 Å². The van der Waals surface area contributed by atoms with Crippen LogP contribution < -0.4 is 4.74 Å². The Bertz CT molecular complexity index is 820. The highest BCUT2D eigenvalue weighted by atomic mass is 16.5. The summed E-state index contributed by atoms with van der Waals surface area (Å²) in [5.41, 5.74) is 1.19. The highest BCUT2D eigenvalue weighted by molar-refractivity contribution is 5.60. The highest BCUT2D eigenvalue weighted by Crippen LogP contribution is 2.66. The Morgan fingerprint density at radius 1 is 1.22 bits per heavy atom. The van der Waals surface area contributed by atoms with Crippen LogP contribution in [0.3, 0.4) is 0 Å². The summed E-state index contributed by atoms with van der Waals surface area (Å²) in [5, 5.41) is 23.1. The average Bonchev–Trinajstić information content (AvgIpc) is 2.95. The van der Waals surface area contributed by atoms with Gasteiger partial charge in [-0.05, 0) is 43.7 Å². The van der Waals surface area contributed by atoms with Gasteiger partial charge in [0.05, 0.1) is 25.6 Å². The zero-order chi connectivity index (χ0) is 18.6. The molecule has 2 aliphatic heterocycles. The van der Waals surface area contributed by atoms with Crippen molar-refractivity contribution in [1.29, 1.82) is 0 Å². The predicted molar refractivity (Wildman–Crippen MR) is 103 cm³/mol. The summed E-state index contributed by atoms with van der Waals surface area (Å²) >= 11 is 0. The zero-order valence-corrected chi connectivity index (χ0v) is 16.6. The Labute approximate surface area is 161 Å². The van der Waals surface area contributed by atoms with E-state index in [0.29, 0.717) is 11.7 Å². The predicted octanol–water partition coefficient (Wildman–Crippen LogP) is 3.13. The normalized spacial score (nSPS) is 47.1. The van der Waals surface area contributed by atoms with Crippen LogP contribution >= 0.6 is 0 Å². The van der Waals surface area contributed by atoms with E-state index in [4.69, 9.17) is 4.74 Å². The summed E-state index contributed by atoms with van der Waals surface area (Å²) in [4.78, 5) is 0. The number of hydrogen-bond donors (Lipinski definition) is 2. The van der Waals surface area contributed by atoms with Gasteiger partial charge in [-0.2, -0.15) is 0 Å². The number of quaternary nitrogens is 1. The quantitative estimate of drug-likeness (QED) is 0.787. The zero-order valence-electron chi connectivity index (χ0n) is 16.6. The van der Waals surface area contributed by atoms with Crippen molar-refractivity contribution < 1.29 is 19.4 Å². The van der Waals surface area contributed by atoms with Gasteiger partial charge >= 0.3 is 0 Å². The van der Waals surface area contributed by atoms with Crippen LogP contribution in [0.15, 0.2) is 12.1 Å². The third kappa shape index (κ3) is 1.78. The topological polar surface area (TPSA) is 49.7 Å². The van der Waals surface area contributed by atoms with Crippen molar-refractivity contribution >= 4 is 0 Å². The van der Waals surface area contributed by atoms with Crippen molar-refractivity contribution in [3.63, 3.8) is 0 Å². The minimum Gasteiger partial charge on any atom is -0.508 e. The number of hydrogen-bond acceptors (Lipinski definition) is 3. The van der Waals surface area contributed by atoms with Gasteiger partial charge in [0.1, 0.15) is 29.2 Å². The van der Waals surface area contributed by atoms with Crippen molar-refractivity contribution in [3.8, 4) is 11.5 Å². The molecule has 1 aromatic rings. The van der Waals surface area contributed by atoms with Gasteiger partial charge in [-0.15, -0.1) is 0 Å². The molecule has 5 aliphatic rings. The maximum Gasteiger partial charge on any atom is 0.130 e. The van der Waals surface area contributed by atoms with Gasteiger partial charge in [0, 0.05) is 29.9 Å². The number of nitrogens with zero attached hydrogens (tertiary/aromatic N) is 1. The molecule has 0 radical (unpaired) electrons. The molecule has 3 aliphatic carbocycles. The molecule has 3 fully saturated rings. The Morgan fingerprint density at radius 3 is 2.78 bits per heavy atom. The molecule has 6 rings (SSSR count). The number of benzene rings is 1. The first-order chi connectivity index (χ1) is 12.9. The van der Waals surface area contributed by atoms with Crippen LogP contribution in [0.5, 0.6) is 11.5 Å². The molecule has 1 aromatic carbocycles. The molecule has 4 nitrogen and oxygen atoms in total. The molecule has 2 N–H and O–H groups in total. The number of phenolic OH excluding ortho intramolecular Hbond substituents is 1. The lowest BCUT2D eigenvalue weighted by Crippen LogP contribution is -2.80. The fourth-order valence-electron chi connectivity index (χ4n) is 7.79. The first-order valence-corrected chi connectivity index (χ1v) is 11.0. The Balaban J connectivity index is 1.56. The molecule has 4 heteroatoms. The van der Waals surface area contributed by atoms with Gasteiger partial charge < -0.3 is 19.4 Å². The Hall–Kier alpha value is -1.26. The molecule has 2 saturated carbocycles. The van der Waals surface area contributed by atoms with E-state index in [1.165, 1.54) is 25.8 Å². The molecule has 2 heterocycles. The number of aliphatic hydroxyl groups is 1. The van der Waals surface area contributed by atoms with Crippen LogP contribution in [0.2, 0.25) is 0 Å². The number of rotatable bonds is 2. The lowest BCUT2D eigenvalue weighted by molar-refractivity contribution is -0.952. The number of phenols is 1. The fourth-order valence-corrected chi connectivity index (χ4v) is 7.79. The minimum atomic E-state index is -0.715. The molecule has 6 atom stereocenters. The lowest BCUT2D eigenvalue weighted by Gasteiger charge is -2.66. The first-order valence-electron chi connectivity index (χ1n) is 11.0. The van der Waals surface area contributed by atoms with Gasteiger partial charge in [0.15, 0.2) is 0 Å². The van der Waals surface area contributed by atoms with Crippen molar-refractivity contribution in [3.05, 3.63) is 23.3 Å². The standard InChI is InChI=1S/C23H31NO3/c1-14-8-9-23(26)19-12-16-17(25)6-7-18-20(16)22(23,21(14)27-18)10-11-24(19,2)13-15-4-3-5-15/h6-7,14-15,19,21,26H,3-5,8-13H2,1-2H3/p+1/t14-,19?,21?,22-,23?,24+/m0/s1. The van der Waals surface area contributed by atoms with Crippen LogP contribution in [-0.4, -0.2) is 52.6 Å². The van der Waals surface area contributed by atoms with Crippen LogP contribution in [0.4, 0.5) is 0 Å². The van der Waals surface area contributed by atoms with Crippen LogP contribution in [0, 0.1) is 11.8 Å². The summed E-state index contributed by atoms with van der Waals surface area (Å²) in [7, 11) is 2.38. The smallest absolute Gasteiger partial charge is 0.130 e. The van der Waals surface area contributed by atoms with E-state index in [1.807, 2.05) is 12.1 Å². The van der Waals surface area contributed by atoms with Gasteiger partial charge in [0.2, 0.25) is 0 Å². The number of piperidine rings is 1.